The zero-order valence-electron chi connectivity index (χ0n) is 11.3. The number of hydrogen-bond donors (Lipinski definition) is 2. The molecular weight excluding hydrogens is 244 g/mol. The molecule has 0 radical (unpaired) electrons. The standard InChI is InChI=1S/C12H18N6O/c1-4-10-15-11(17-13)5-12(16-10)19-9-6-14-18(7-9)8(2)3/h5-8H,4,13H2,1-3H3,(H,15,16,17). The van der Waals surface area contributed by atoms with Gasteiger partial charge in [-0.2, -0.15) is 10.1 Å². The van der Waals surface area contributed by atoms with Crippen molar-refractivity contribution in [1.82, 2.24) is 19.7 Å². The minimum Gasteiger partial charge on any atom is -0.436 e. The van der Waals surface area contributed by atoms with Crippen molar-refractivity contribution in [3.63, 3.8) is 0 Å². The number of ether oxygens (including phenoxy) is 1. The summed E-state index contributed by atoms with van der Waals surface area (Å²) in [5, 5.41) is 4.20. The Morgan fingerprint density at radius 3 is 2.79 bits per heavy atom. The SMILES string of the molecule is CCc1nc(NN)cc(Oc2cnn(C(C)C)c2)n1. The Morgan fingerprint density at radius 1 is 1.42 bits per heavy atom. The Labute approximate surface area is 111 Å². The first-order valence-electron chi connectivity index (χ1n) is 6.19. The lowest BCUT2D eigenvalue weighted by Gasteiger charge is -2.07. The van der Waals surface area contributed by atoms with Crippen LogP contribution in [-0.2, 0) is 6.42 Å². The third kappa shape index (κ3) is 3.19. The molecule has 19 heavy (non-hydrogen) atoms. The fourth-order valence-corrected chi connectivity index (χ4v) is 1.53. The molecule has 2 rings (SSSR count). The summed E-state index contributed by atoms with van der Waals surface area (Å²) in [7, 11) is 0. The van der Waals surface area contributed by atoms with Crippen molar-refractivity contribution in [2.24, 2.45) is 5.84 Å². The number of rotatable bonds is 5. The number of nitrogens with two attached hydrogens (primary N) is 1. The lowest BCUT2D eigenvalue weighted by Crippen LogP contribution is -2.10. The highest BCUT2D eigenvalue weighted by Crippen LogP contribution is 2.22. The zero-order valence-corrected chi connectivity index (χ0v) is 11.3. The second kappa shape index (κ2) is 5.66. The molecule has 0 aromatic carbocycles. The van der Waals surface area contributed by atoms with Crippen molar-refractivity contribution in [3.05, 3.63) is 24.3 Å². The Bertz CT molecular complexity index is 529. The normalized spacial score (nSPS) is 10.8. The molecule has 0 fully saturated rings. The molecule has 0 unspecified atom stereocenters. The van der Waals surface area contributed by atoms with Crippen LogP contribution in [0, 0.1) is 0 Å². The van der Waals surface area contributed by atoms with E-state index < -0.39 is 0 Å². The molecule has 0 aliphatic rings. The van der Waals surface area contributed by atoms with Crippen molar-refractivity contribution in [2.75, 3.05) is 5.43 Å². The van der Waals surface area contributed by atoms with E-state index in [0.717, 1.165) is 0 Å². The van der Waals surface area contributed by atoms with Gasteiger partial charge in [-0.3, -0.25) is 4.68 Å². The molecule has 0 amide bonds. The van der Waals surface area contributed by atoms with Crippen molar-refractivity contribution in [1.29, 1.82) is 0 Å². The van der Waals surface area contributed by atoms with Gasteiger partial charge in [0.1, 0.15) is 11.6 Å². The summed E-state index contributed by atoms with van der Waals surface area (Å²) in [6.45, 7) is 6.07. The highest BCUT2D eigenvalue weighted by atomic mass is 16.5. The van der Waals surface area contributed by atoms with Crippen molar-refractivity contribution in [2.45, 2.75) is 33.2 Å². The topological polar surface area (TPSA) is 90.9 Å². The molecule has 7 nitrogen and oxygen atoms in total. The summed E-state index contributed by atoms with van der Waals surface area (Å²) in [5.74, 6) is 7.65. The number of anilines is 1. The second-order valence-electron chi connectivity index (χ2n) is 4.36. The summed E-state index contributed by atoms with van der Waals surface area (Å²) >= 11 is 0. The highest BCUT2D eigenvalue weighted by Gasteiger charge is 2.07. The molecule has 2 aromatic rings. The van der Waals surface area contributed by atoms with Gasteiger partial charge in [0.05, 0.1) is 12.4 Å². The number of hydrogen-bond acceptors (Lipinski definition) is 6. The van der Waals surface area contributed by atoms with Crippen LogP contribution >= 0.6 is 0 Å². The summed E-state index contributed by atoms with van der Waals surface area (Å²) in [6.07, 6.45) is 4.19. The predicted molar refractivity (Wildman–Crippen MR) is 71.9 cm³/mol. The van der Waals surface area contributed by atoms with E-state index in [-0.39, 0.29) is 6.04 Å². The molecule has 0 aliphatic carbocycles. The third-order valence-electron chi connectivity index (χ3n) is 2.54. The maximum absolute atomic E-state index is 5.66. The number of nitrogen functional groups attached to an aromatic ring is 1. The first-order valence-corrected chi connectivity index (χ1v) is 6.19. The van der Waals surface area contributed by atoms with E-state index in [9.17, 15) is 0 Å². The summed E-state index contributed by atoms with van der Waals surface area (Å²) in [6, 6.07) is 1.93. The Hall–Kier alpha value is -2.15. The van der Waals surface area contributed by atoms with Gasteiger partial charge < -0.3 is 10.2 Å². The first-order chi connectivity index (χ1) is 9.12. The maximum Gasteiger partial charge on any atom is 0.224 e. The second-order valence-corrected chi connectivity index (χ2v) is 4.36. The summed E-state index contributed by atoms with van der Waals surface area (Å²) < 4.78 is 7.48. The number of aromatic nitrogens is 4. The van der Waals surface area contributed by atoms with E-state index in [0.29, 0.717) is 29.7 Å². The van der Waals surface area contributed by atoms with E-state index in [4.69, 9.17) is 10.6 Å². The van der Waals surface area contributed by atoms with E-state index in [1.54, 1.807) is 12.3 Å². The molecule has 0 atom stereocenters. The Balaban J connectivity index is 2.21. The zero-order chi connectivity index (χ0) is 13.8. The van der Waals surface area contributed by atoms with E-state index in [1.807, 2.05) is 31.6 Å². The van der Waals surface area contributed by atoms with Gasteiger partial charge in [-0.15, -0.1) is 0 Å². The van der Waals surface area contributed by atoms with Gasteiger partial charge in [0, 0.05) is 18.5 Å². The molecule has 3 N–H and O–H groups in total. The minimum absolute atomic E-state index is 0.287. The molecule has 2 heterocycles. The first kappa shape index (κ1) is 13.3. The van der Waals surface area contributed by atoms with Gasteiger partial charge in [-0.25, -0.2) is 10.8 Å². The van der Waals surface area contributed by atoms with Gasteiger partial charge in [0.15, 0.2) is 5.75 Å². The monoisotopic (exact) mass is 262 g/mol. The number of hydrazine groups is 1. The van der Waals surface area contributed by atoms with Crippen molar-refractivity contribution < 1.29 is 4.74 Å². The van der Waals surface area contributed by atoms with Gasteiger partial charge >= 0.3 is 0 Å². The van der Waals surface area contributed by atoms with E-state index in [2.05, 4.69) is 20.5 Å². The molecule has 0 bridgehead atoms. The fourth-order valence-electron chi connectivity index (χ4n) is 1.53. The Kier molecular flexibility index (Phi) is 3.96. The third-order valence-corrected chi connectivity index (χ3v) is 2.54. The molecule has 0 saturated heterocycles. The molecule has 2 aromatic heterocycles. The molecule has 0 aliphatic heterocycles. The molecule has 0 saturated carbocycles. The van der Waals surface area contributed by atoms with Crippen LogP contribution in [0.4, 0.5) is 5.82 Å². The van der Waals surface area contributed by atoms with Gasteiger partial charge in [0.25, 0.3) is 0 Å². The average Bonchev–Trinajstić information content (AvgIpc) is 2.87. The largest absolute Gasteiger partial charge is 0.436 e. The van der Waals surface area contributed by atoms with Crippen LogP contribution in [0.3, 0.4) is 0 Å². The van der Waals surface area contributed by atoms with Crippen LogP contribution in [-0.4, -0.2) is 19.7 Å². The molecule has 0 spiro atoms. The lowest BCUT2D eigenvalue weighted by molar-refractivity contribution is 0.455. The van der Waals surface area contributed by atoms with Gasteiger partial charge in [0.2, 0.25) is 5.88 Å². The van der Waals surface area contributed by atoms with E-state index >= 15 is 0 Å². The smallest absolute Gasteiger partial charge is 0.224 e. The van der Waals surface area contributed by atoms with Crippen molar-refractivity contribution in [3.8, 4) is 11.6 Å². The lowest BCUT2D eigenvalue weighted by atomic mass is 10.4. The van der Waals surface area contributed by atoms with Gasteiger partial charge in [-0.05, 0) is 13.8 Å². The summed E-state index contributed by atoms with van der Waals surface area (Å²) in [4.78, 5) is 8.48. The average molecular weight is 262 g/mol. The minimum atomic E-state index is 0.287. The maximum atomic E-state index is 5.66. The van der Waals surface area contributed by atoms with Crippen LogP contribution in [0.15, 0.2) is 18.5 Å². The summed E-state index contributed by atoms with van der Waals surface area (Å²) in [5.41, 5.74) is 2.50. The van der Waals surface area contributed by atoms with Crippen LogP contribution < -0.4 is 16.0 Å². The van der Waals surface area contributed by atoms with E-state index in [1.165, 1.54) is 0 Å². The number of aryl methyl sites for hydroxylation is 1. The van der Waals surface area contributed by atoms with Gasteiger partial charge in [-0.1, -0.05) is 6.92 Å². The molecular formula is C12H18N6O. The number of nitrogens with one attached hydrogen (secondary N) is 1. The number of nitrogens with zero attached hydrogens (tertiary/aromatic N) is 4. The van der Waals surface area contributed by atoms with Crippen LogP contribution in [0.25, 0.3) is 0 Å². The Morgan fingerprint density at radius 2 is 2.21 bits per heavy atom. The van der Waals surface area contributed by atoms with Crippen LogP contribution in [0.1, 0.15) is 32.6 Å². The fraction of sp³-hybridized carbons (Fsp3) is 0.417. The molecule has 102 valence electrons. The van der Waals surface area contributed by atoms with Crippen molar-refractivity contribution >= 4 is 5.82 Å². The molecule has 7 heteroatoms. The van der Waals surface area contributed by atoms with Crippen LogP contribution in [0.5, 0.6) is 11.6 Å². The van der Waals surface area contributed by atoms with Crippen LogP contribution in [0.2, 0.25) is 0 Å². The quantitative estimate of drug-likeness (QED) is 0.631. The highest BCUT2D eigenvalue weighted by molar-refractivity contribution is 5.38. The predicted octanol–water partition coefficient (Wildman–Crippen LogP) is 1.89.